The van der Waals surface area contributed by atoms with Gasteiger partial charge in [-0.3, -0.25) is 4.98 Å². The van der Waals surface area contributed by atoms with Crippen molar-refractivity contribution in [3.63, 3.8) is 0 Å². The maximum absolute atomic E-state index is 4.59. The third kappa shape index (κ3) is 4.33. The molecule has 0 saturated heterocycles. The van der Waals surface area contributed by atoms with E-state index in [2.05, 4.69) is 60.2 Å². The van der Waals surface area contributed by atoms with Crippen molar-refractivity contribution in [2.24, 2.45) is 0 Å². The van der Waals surface area contributed by atoms with Crippen molar-refractivity contribution >= 4 is 34.7 Å². The second kappa shape index (κ2) is 8.59. The quantitative estimate of drug-likeness (QED) is 0.422. The van der Waals surface area contributed by atoms with Crippen LogP contribution in [0.5, 0.6) is 0 Å². The Labute approximate surface area is 180 Å². The molecule has 0 unspecified atom stereocenters. The highest BCUT2D eigenvalue weighted by atomic mass is 15.1. The molecule has 0 spiro atoms. The Morgan fingerprint density at radius 3 is 2.61 bits per heavy atom. The number of aromatic nitrogens is 5. The lowest BCUT2D eigenvalue weighted by Gasteiger charge is -2.09. The summed E-state index contributed by atoms with van der Waals surface area (Å²) in [5, 5.41) is 3.40. The van der Waals surface area contributed by atoms with Crippen LogP contribution < -0.4 is 5.32 Å². The number of pyridine rings is 1. The van der Waals surface area contributed by atoms with E-state index in [0.717, 1.165) is 40.2 Å². The average Bonchev–Trinajstić information content (AvgIpc) is 3.22. The van der Waals surface area contributed by atoms with Crippen molar-refractivity contribution in [3.8, 4) is 0 Å². The summed E-state index contributed by atoms with van der Waals surface area (Å²) in [7, 11) is 0. The minimum atomic E-state index is 0.739. The highest BCUT2D eigenvalue weighted by Gasteiger charge is 2.07. The van der Waals surface area contributed by atoms with Crippen molar-refractivity contribution in [3.05, 3.63) is 109 Å². The maximum atomic E-state index is 4.59. The molecule has 6 heteroatoms. The van der Waals surface area contributed by atoms with Crippen LogP contribution in [0.15, 0.2) is 91.9 Å². The molecule has 0 aliphatic carbocycles. The van der Waals surface area contributed by atoms with Gasteiger partial charge >= 0.3 is 0 Å². The molecule has 0 bridgehead atoms. The molecule has 150 valence electrons. The zero-order valence-electron chi connectivity index (χ0n) is 16.8. The zero-order valence-corrected chi connectivity index (χ0v) is 16.8. The van der Waals surface area contributed by atoms with Crippen LogP contribution in [0.3, 0.4) is 0 Å². The maximum Gasteiger partial charge on any atom is 0.141 e. The summed E-state index contributed by atoms with van der Waals surface area (Å²) >= 11 is 0. The normalized spacial score (nSPS) is 11.2. The summed E-state index contributed by atoms with van der Waals surface area (Å²) in [6.45, 7) is 0.792. The predicted octanol–water partition coefficient (Wildman–Crippen LogP) is 5.18. The van der Waals surface area contributed by atoms with Gasteiger partial charge in [-0.25, -0.2) is 15.0 Å². The summed E-state index contributed by atoms with van der Waals surface area (Å²) in [5.41, 5.74) is 6.16. The molecule has 0 aliphatic heterocycles. The van der Waals surface area contributed by atoms with Crippen LogP contribution in [0.25, 0.3) is 23.2 Å². The van der Waals surface area contributed by atoms with Crippen LogP contribution in [0, 0.1) is 0 Å². The van der Waals surface area contributed by atoms with Gasteiger partial charge in [0.05, 0.1) is 17.4 Å². The van der Waals surface area contributed by atoms with Gasteiger partial charge in [-0.05, 0) is 47.5 Å². The number of imidazole rings is 1. The monoisotopic (exact) mass is 404 g/mol. The van der Waals surface area contributed by atoms with Gasteiger partial charge in [0.25, 0.3) is 0 Å². The third-order valence-corrected chi connectivity index (χ3v) is 4.98. The van der Waals surface area contributed by atoms with Crippen LogP contribution in [-0.4, -0.2) is 24.5 Å². The molecule has 0 amide bonds. The fourth-order valence-electron chi connectivity index (χ4n) is 3.41. The lowest BCUT2D eigenvalue weighted by Crippen LogP contribution is -1.99. The molecule has 6 nitrogen and oxygen atoms in total. The number of benzene rings is 2. The predicted molar refractivity (Wildman–Crippen MR) is 124 cm³/mol. The Morgan fingerprint density at radius 1 is 0.871 bits per heavy atom. The smallest absolute Gasteiger partial charge is 0.141 e. The van der Waals surface area contributed by atoms with E-state index in [1.165, 1.54) is 5.56 Å². The third-order valence-electron chi connectivity index (χ3n) is 4.98. The molecule has 5 rings (SSSR count). The molecule has 2 aromatic carbocycles. The standard InChI is InChI=1S/C25H20N6/c1-2-4-20(5-3-1)16-31-18-29-23-14-22(8-9-24(23)31)30-25-21(15-27-17-28-25)7-6-19-10-12-26-13-11-19/h1-15,17-18H,16H2,(H,27,28,30)/b7-6+. The summed E-state index contributed by atoms with van der Waals surface area (Å²) in [6.07, 6.45) is 12.8. The first-order valence-corrected chi connectivity index (χ1v) is 9.99. The van der Waals surface area contributed by atoms with E-state index in [4.69, 9.17) is 0 Å². The van der Waals surface area contributed by atoms with Crippen molar-refractivity contribution < 1.29 is 0 Å². The summed E-state index contributed by atoms with van der Waals surface area (Å²) in [6, 6.07) is 20.5. The number of fused-ring (bicyclic) bond motifs is 1. The highest BCUT2D eigenvalue weighted by Crippen LogP contribution is 2.24. The molecular formula is C25H20N6. The lowest BCUT2D eigenvalue weighted by atomic mass is 10.2. The number of hydrogen-bond donors (Lipinski definition) is 1. The molecule has 3 aromatic heterocycles. The van der Waals surface area contributed by atoms with Gasteiger partial charge in [0.2, 0.25) is 0 Å². The fraction of sp³-hybridized carbons (Fsp3) is 0.0400. The Hall–Kier alpha value is -4.32. The van der Waals surface area contributed by atoms with Crippen LogP contribution in [-0.2, 0) is 6.54 Å². The number of hydrogen-bond acceptors (Lipinski definition) is 5. The number of nitrogens with zero attached hydrogens (tertiary/aromatic N) is 5. The molecule has 3 heterocycles. The molecule has 0 atom stereocenters. The largest absolute Gasteiger partial charge is 0.340 e. The molecule has 0 radical (unpaired) electrons. The van der Waals surface area contributed by atoms with Gasteiger partial charge in [0.15, 0.2) is 0 Å². The summed E-state index contributed by atoms with van der Waals surface area (Å²) < 4.78 is 2.15. The second-order valence-electron chi connectivity index (χ2n) is 7.13. The van der Waals surface area contributed by atoms with Crippen LogP contribution >= 0.6 is 0 Å². The van der Waals surface area contributed by atoms with Gasteiger partial charge in [0, 0.05) is 36.4 Å². The van der Waals surface area contributed by atoms with Crippen LogP contribution in [0.4, 0.5) is 11.5 Å². The average molecular weight is 404 g/mol. The molecular weight excluding hydrogens is 384 g/mol. The Bertz CT molecular complexity index is 1330. The highest BCUT2D eigenvalue weighted by molar-refractivity contribution is 5.82. The number of nitrogens with one attached hydrogen (secondary N) is 1. The number of rotatable bonds is 6. The van der Waals surface area contributed by atoms with E-state index in [-0.39, 0.29) is 0 Å². The van der Waals surface area contributed by atoms with Crippen molar-refractivity contribution in [1.82, 2.24) is 24.5 Å². The van der Waals surface area contributed by atoms with E-state index in [1.807, 2.05) is 48.8 Å². The second-order valence-corrected chi connectivity index (χ2v) is 7.13. The minimum absolute atomic E-state index is 0.739. The van der Waals surface area contributed by atoms with Gasteiger partial charge in [-0.15, -0.1) is 0 Å². The van der Waals surface area contributed by atoms with Crippen molar-refractivity contribution in [2.75, 3.05) is 5.32 Å². The van der Waals surface area contributed by atoms with E-state index in [1.54, 1.807) is 24.9 Å². The van der Waals surface area contributed by atoms with E-state index in [0.29, 0.717) is 0 Å². The van der Waals surface area contributed by atoms with Crippen LogP contribution in [0.1, 0.15) is 16.7 Å². The molecule has 0 saturated carbocycles. The number of anilines is 2. The van der Waals surface area contributed by atoms with Gasteiger partial charge in [-0.2, -0.15) is 0 Å². The topological polar surface area (TPSA) is 68.5 Å². The van der Waals surface area contributed by atoms with E-state index < -0.39 is 0 Å². The molecule has 0 fully saturated rings. The molecule has 0 aliphatic rings. The Balaban J connectivity index is 1.38. The Morgan fingerprint density at radius 2 is 1.74 bits per heavy atom. The first-order chi connectivity index (χ1) is 15.3. The van der Waals surface area contributed by atoms with Crippen molar-refractivity contribution in [2.45, 2.75) is 6.54 Å². The molecule has 31 heavy (non-hydrogen) atoms. The fourth-order valence-corrected chi connectivity index (χ4v) is 3.41. The van der Waals surface area contributed by atoms with Crippen LogP contribution in [0.2, 0.25) is 0 Å². The minimum Gasteiger partial charge on any atom is -0.340 e. The first kappa shape index (κ1) is 18.7. The van der Waals surface area contributed by atoms with Gasteiger partial charge < -0.3 is 9.88 Å². The van der Waals surface area contributed by atoms with Gasteiger partial charge in [0.1, 0.15) is 12.1 Å². The van der Waals surface area contributed by atoms with Gasteiger partial charge in [-0.1, -0.05) is 36.4 Å². The first-order valence-electron chi connectivity index (χ1n) is 9.99. The molecule has 5 aromatic rings. The summed E-state index contributed by atoms with van der Waals surface area (Å²) in [5.74, 6) is 0.739. The summed E-state index contributed by atoms with van der Waals surface area (Å²) in [4.78, 5) is 17.2. The van der Waals surface area contributed by atoms with E-state index in [9.17, 15) is 0 Å². The van der Waals surface area contributed by atoms with Crippen molar-refractivity contribution in [1.29, 1.82) is 0 Å². The lowest BCUT2D eigenvalue weighted by molar-refractivity contribution is 0.824. The zero-order chi connectivity index (χ0) is 20.9. The Kier molecular flexibility index (Phi) is 5.18. The SMILES string of the molecule is C(=C\c1cncnc1Nc1ccc2c(c1)ncn2Cc1ccccc1)/c1ccncc1. The molecule has 1 N–H and O–H groups in total. The van der Waals surface area contributed by atoms with E-state index >= 15 is 0 Å².